The Morgan fingerprint density at radius 2 is 2.10 bits per heavy atom. The van der Waals surface area contributed by atoms with Crippen LogP contribution in [-0.2, 0) is 4.74 Å². The molecule has 3 nitrogen and oxygen atoms in total. The molecule has 4 atom stereocenters. The average Bonchev–Trinajstić information content (AvgIpc) is 2.74. The van der Waals surface area contributed by atoms with Gasteiger partial charge in [-0.15, -0.1) is 0 Å². The minimum absolute atomic E-state index is 0.365. The maximum absolute atomic E-state index is 10.0. The van der Waals surface area contributed by atoms with Crippen LogP contribution in [-0.4, -0.2) is 36.5 Å². The van der Waals surface area contributed by atoms with Crippen molar-refractivity contribution in [1.29, 1.82) is 0 Å². The fourth-order valence-corrected chi connectivity index (χ4v) is 3.75. The van der Waals surface area contributed by atoms with Gasteiger partial charge in [-0.3, -0.25) is 0 Å². The third-order valence-electron chi connectivity index (χ3n) is 5.02. The van der Waals surface area contributed by atoms with Crippen molar-refractivity contribution in [2.75, 3.05) is 13.2 Å². The van der Waals surface area contributed by atoms with Gasteiger partial charge in [-0.2, -0.15) is 0 Å². The van der Waals surface area contributed by atoms with Gasteiger partial charge in [0.15, 0.2) is 0 Å². The fraction of sp³-hybridized carbons (Fsp3) is 1.00. The molecule has 2 rings (SSSR count). The summed E-state index contributed by atoms with van der Waals surface area (Å²) in [5.74, 6) is 0.782. The van der Waals surface area contributed by atoms with E-state index in [0.717, 1.165) is 12.3 Å². The normalized spacial score (nSPS) is 35.1. The van der Waals surface area contributed by atoms with Crippen LogP contribution in [0.2, 0.25) is 0 Å². The maximum atomic E-state index is 10.0. The molecule has 20 heavy (non-hydrogen) atoms. The lowest BCUT2D eigenvalue weighted by atomic mass is 9.89. The Morgan fingerprint density at radius 3 is 2.75 bits per heavy atom. The van der Waals surface area contributed by atoms with Crippen LogP contribution < -0.4 is 5.32 Å². The topological polar surface area (TPSA) is 41.5 Å². The van der Waals surface area contributed by atoms with E-state index in [2.05, 4.69) is 26.1 Å². The molecule has 0 aromatic heterocycles. The number of hydrogen-bond acceptors (Lipinski definition) is 3. The zero-order valence-corrected chi connectivity index (χ0v) is 13.5. The summed E-state index contributed by atoms with van der Waals surface area (Å²) in [6.45, 7) is 8.12. The lowest BCUT2D eigenvalue weighted by Gasteiger charge is -2.28. The minimum Gasteiger partial charge on any atom is -0.389 e. The maximum Gasteiger partial charge on any atom is 0.0897 e. The molecule has 0 radical (unpaired) electrons. The highest BCUT2D eigenvalue weighted by atomic mass is 16.5. The molecule has 3 heteroatoms. The molecular formula is C17H33NO2. The standard InChI is InChI=1S/C17H33NO2/c1-13-5-4-6-16(9-13)20-12-15(19)11-18-14-7-8-17(2,3)10-14/h13-16,18-19H,4-12H2,1-3H3. The zero-order chi connectivity index (χ0) is 14.6. The summed E-state index contributed by atoms with van der Waals surface area (Å²) in [5, 5.41) is 13.6. The van der Waals surface area contributed by atoms with E-state index < -0.39 is 0 Å². The summed E-state index contributed by atoms with van der Waals surface area (Å²) < 4.78 is 5.88. The number of rotatable bonds is 6. The first-order chi connectivity index (χ1) is 9.44. The van der Waals surface area contributed by atoms with E-state index in [-0.39, 0.29) is 6.10 Å². The van der Waals surface area contributed by atoms with Crippen LogP contribution in [0.25, 0.3) is 0 Å². The molecule has 0 aliphatic heterocycles. The number of aliphatic hydroxyl groups is 1. The number of nitrogens with one attached hydrogen (secondary N) is 1. The van der Waals surface area contributed by atoms with Gasteiger partial charge in [-0.1, -0.05) is 33.6 Å². The van der Waals surface area contributed by atoms with Crippen molar-refractivity contribution >= 4 is 0 Å². The molecule has 0 spiro atoms. The first-order valence-electron chi connectivity index (χ1n) is 8.48. The Morgan fingerprint density at radius 1 is 1.30 bits per heavy atom. The molecule has 2 fully saturated rings. The van der Waals surface area contributed by atoms with Gasteiger partial charge in [-0.25, -0.2) is 0 Å². The Hall–Kier alpha value is -0.120. The molecule has 0 bridgehead atoms. The number of hydrogen-bond donors (Lipinski definition) is 2. The van der Waals surface area contributed by atoms with E-state index in [4.69, 9.17) is 4.74 Å². The Kier molecular flexibility index (Phi) is 5.88. The van der Waals surface area contributed by atoms with E-state index in [1.54, 1.807) is 0 Å². The molecule has 2 aliphatic rings. The van der Waals surface area contributed by atoms with Crippen LogP contribution >= 0.6 is 0 Å². The van der Waals surface area contributed by atoms with Crippen molar-refractivity contribution in [3.8, 4) is 0 Å². The first kappa shape index (κ1) is 16.3. The van der Waals surface area contributed by atoms with Gasteiger partial charge >= 0.3 is 0 Å². The second kappa shape index (κ2) is 7.24. The van der Waals surface area contributed by atoms with Gasteiger partial charge in [0.25, 0.3) is 0 Å². The smallest absolute Gasteiger partial charge is 0.0897 e. The van der Waals surface area contributed by atoms with Crippen molar-refractivity contribution in [1.82, 2.24) is 5.32 Å². The summed E-state index contributed by atoms with van der Waals surface area (Å²) in [5.41, 5.74) is 0.470. The highest BCUT2D eigenvalue weighted by molar-refractivity contribution is 4.86. The van der Waals surface area contributed by atoms with Crippen LogP contribution in [0.15, 0.2) is 0 Å². The van der Waals surface area contributed by atoms with Crippen molar-refractivity contribution in [3.63, 3.8) is 0 Å². The number of ether oxygens (including phenoxy) is 1. The van der Waals surface area contributed by atoms with Gasteiger partial charge < -0.3 is 15.2 Å². The summed E-state index contributed by atoms with van der Waals surface area (Å²) in [7, 11) is 0. The molecule has 118 valence electrons. The second-order valence-electron chi connectivity index (χ2n) is 7.89. The van der Waals surface area contributed by atoms with Gasteiger partial charge in [0, 0.05) is 12.6 Å². The highest BCUT2D eigenvalue weighted by Gasteiger charge is 2.30. The molecule has 0 saturated heterocycles. The predicted octanol–water partition coefficient (Wildman–Crippen LogP) is 3.11. The lowest BCUT2D eigenvalue weighted by molar-refractivity contribution is -0.0311. The van der Waals surface area contributed by atoms with Crippen molar-refractivity contribution in [2.24, 2.45) is 11.3 Å². The molecule has 0 aromatic carbocycles. The predicted molar refractivity (Wildman–Crippen MR) is 82.8 cm³/mol. The summed E-state index contributed by atoms with van der Waals surface area (Å²) in [4.78, 5) is 0. The van der Waals surface area contributed by atoms with Crippen LogP contribution in [0.1, 0.15) is 65.7 Å². The third-order valence-corrected chi connectivity index (χ3v) is 5.02. The van der Waals surface area contributed by atoms with Gasteiger partial charge in [-0.05, 0) is 43.4 Å². The minimum atomic E-state index is -0.365. The molecule has 2 N–H and O–H groups in total. The lowest BCUT2D eigenvalue weighted by Crippen LogP contribution is -2.37. The van der Waals surface area contributed by atoms with Crippen LogP contribution in [0.5, 0.6) is 0 Å². The SMILES string of the molecule is CC1CCCC(OCC(O)CNC2CCC(C)(C)C2)C1. The van der Waals surface area contributed by atoms with Crippen LogP contribution in [0, 0.1) is 11.3 Å². The Labute approximate surface area is 124 Å². The molecule has 2 aliphatic carbocycles. The highest BCUT2D eigenvalue weighted by Crippen LogP contribution is 2.36. The average molecular weight is 283 g/mol. The largest absolute Gasteiger partial charge is 0.389 e. The fourth-order valence-electron chi connectivity index (χ4n) is 3.75. The van der Waals surface area contributed by atoms with Crippen molar-refractivity contribution in [2.45, 2.75) is 84.0 Å². The summed E-state index contributed by atoms with van der Waals surface area (Å²) >= 11 is 0. The summed E-state index contributed by atoms with van der Waals surface area (Å²) in [6.07, 6.45) is 8.70. The molecule has 0 heterocycles. The van der Waals surface area contributed by atoms with E-state index in [9.17, 15) is 5.11 Å². The van der Waals surface area contributed by atoms with E-state index in [0.29, 0.717) is 30.7 Å². The third kappa shape index (κ3) is 5.34. The van der Waals surface area contributed by atoms with E-state index in [1.807, 2.05) is 0 Å². The molecule has 0 amide bonds. The van der Waals surface area contributed by atoms with Gasteiger partial charge in [0.2, 0.25) is 0 Å². The number of aliphatic hydroxyl groups excluding tert-OH is 1. The van der Waals surface area contributed by atoms with Gasteiger partial charge in [0.1, 0.15) is 0 Å². The van der Waals surface area contributed by atoms with Crippen LogP contribution in [0.3, 0.4) is 0 Å². The molecular weight excluding hydrogens is 250 g/mol. The van der Waals surface area contributed by atoms with Gasteiger partial charge in [0.05, 0.1) is 18.8 Å². The molecule has 2 saturated carbocycles. The van der Waals surface area contributed by atoms with Crippen molar-refractivity contribution in [3.05, 3.63) is 0 Å². The van der Waals surface area contributed by atoms with E-state index >= 15 is 0 Å². The summed E-state index contributed by atoms with van der Waals surface area (Å²) in [6, 6.07) is 0.578. The first-order valence-corrected chi connectivity index (χ1v) is 8.48. The monoisotopic (exact) mass is 283 g/mol. The van der Waals surface area contributed by atoms with Crippen LogP contribution in [0.4, 0.5) is 0 Å². The Balaban J connectivity index is 1.57. The zero-order valence-electron chi connectivity index (χ0n) is 13.5. The second-order valence-corrected chi connectivity index (χ2v) is 7.89. The quantitative estimate of drug-likeness (QED) is 0.787. The molecule has 4 unspecified atom stereocenters. The van der Waals surface area contributed by atoms with E-state index in [1.165, 1.54) is 38.5 Å². The molecule has 0 aromatic rings. The van der Waals surface area contributed by atoms with Crippen molar-refractivity contribution < 1.29 is 9.84 Å². The Bertz CT molecular complexity index is 287.